The molecule has 0 aromatic heterocycles. The number of ether oxygens (including phenoxy) is 1. The minimum Gasteiger partial charge on any atom is -0.458 e. The molecule has 1 aliphatic heterocycles. The van der Waals surface area contributed by atoms with Crippen LogP contribution >= 0.6 is 0 Å². The van der Waals surface area contributed by atoms with Gasteiger partial charge in [0.25, 0.3) is 0 Å². The highest BCUT2D eigenvalue weighted by Crippen LogP contribution is 2.27. The van der Waals surface area contributed by atoms with Crippen molar-refractivity contribution in [2.45, 2.75) is 19.4 Å². The minimum absolute atomic E-state index is 0.0366. The van der Waals surface area contributed by atoms with Gasteiger partial charge in [0.1, 0.15) is 6.10 Å². The van der Waals surface area contributed by atoms with Gasteiger partial charge >= 0.3 is 5.97 Å². The molecule has 0 saturated carbocycles. The molecule has 0 radical (unpaired) electrons. The maximum absolute atomic E-state index is 12.4. The number of benzene rings is 2. The molecule has 2 aromatic rings. The molecule has 1 amide bonds. The lowest BCUT2D eigenvalue weighted by atomic mass is 10.1. The molecule has 4 heteroatoms. The molecule has 1 fully saturated rings. The number of nitrogens with zero attached hydrogens (tertiary/aromatic N) is 1. The van der Waals surface area contributed by atoms with Crippen LogP contribution in [0, 0.1) is 5.92 Å². The number of carbonyl (C=O) groups is 2. The van der Waals surface area contributed by atoms with Crippen LogP contribution in [0.25, 0.3) is 0 Å². The van der Waals surface area contributed by atoms with Crippen molar-refractivity contribution in [3.05, 3.63) is 66.2 Å². The Morgan fingerprint density at radius 1 is 1.09 bits per heavy atom. The van der Waals surface area contributed by atoms with Crippen LogP contribution in [-0.4, -0.2) is 18.4 Å². The summed E-state index contributed by atoms with van der Waals surface area (Å²) in [4.78, 5) is 26.2. The first kappa shape index (κ1) is 15.3. The zero-order valence-corrected chi connectivity index (χ0v) is 13.0. The monoisotopic (exact) mass is 309 g/mol. The molecule has 0 N–H and O–H groups in total. The summed E-state index contributed by atoms with van der Waals surface area (Å²) in [6.07, 6.45) is -0.112. The molecule has 4 nitrogen and oxygen atoms in total. The minimum atomic E-state index is -0.408. The molecule has 1 unspecified atom stereocenters. The number of anilines is 1. The fraction of sp³-hybridized carbons (Fsp3) is 0.263. The molecule has 1 heterocycles. The summed E-state index contributed by atoms with van der Waals surface area (Å²) < 4.78 is 5.54. The number of esters is 1. The van der Waals surface area contributed by atoms with Crippen molar-refractivity contribution >= 4 is 17.6 Å². The first-order valence-electron chi connectivity index (χ1n) is 7.76. The number of amides is 1. The van der Waals surface area contributed by atoms with Crippen molar-refractivity contribution in [3.63, 3.8) is 0 Å². The fourth-order valence-electron chi connectivity index (χ4n) is 2.79. The maximum Gasteiger partial charge on any atom is 0.311 e. The van der Waals surface area contributed by atoms with Crippen molar-refractivity contribution in [2.75, 3.05) is 11.4 Å². The van der Waals surface area contributed by atoms with E-state index in [1.807, 2.05) is 67.6 Å². The normalized spacial score (nSPS) is 18.7. The summed E-state index contributed by atoms with van der Waals surface area (Å²) in [6, 6.07) is 19.0. The molecule has 2 atom stereocenters. The van der Waals surface area contributed by atoms with E-state index < -0.39 is 5.92 Å². The highest BCUT2D eigenvalue weighted by Gasteiger charge is 2.36. The molecule has 118 valence electrons. The third kappa shape index (κ3) is 3.42. The Balaban J connectivity index is 1.64. The van der Waals surface area contributed by atoms with Gasteiger partial charge in [-0.1, -0.05) is 48.5 Å². The van der Waals surface area contributed by atoms with E-state index >= 15 is 0 Å². The van der Waals surface area contributed by atoms with E-state index in [1.165, 1.54) is 0 Å². The predicted molar refractivity (Wildman–Crippen MR) is 87.9 cm³/mol. The van der Waals surface area contributed by atoms with E-state index in [1.54, 1.807) is 4.90 Å². The van der Waals surface area contributed by atoms with Crippen LogP contribution in [0.15, 0.2) is 60.7 Å². The first-order valence-corrected chi connectivity index (χ1v) is 7.76. The maximum atomic E-state index is 12.4. The lowest BCUT2D eigenvalue weighted by Crippen LogP contribution is -2.26. The van der Waals surface area contributed by atoms with Gasteiger partial charge < -0.3 is 9.64 Å². The van der Waals surface area contributed by atoms with E-state index in [2.05, 4.69) is 0 Å². The number of hydrogen-bond donors (Lipinski definition) is 0. The number of para-hydroxylation sites is 1. The third-order valence-electron chi connectivity index (χ3n) is 4.09. The number of carbonyl (C=O) groups excluding carboxylic acids is 2. The summed E-state index contributed by atoms with van der Waals surface area (Å²) >= 11 is 0. The first-order chi connectivity index (χ1) is 11.1. The van der Waals surface area contributed by atoms with Crippen LogP contribution in [0.2, 0.25) is 0 Å². The van der Waals surface area contributed by atoms with Gasteiger partial charge in [-0.25, -0.2) is 0 Å². The molecule has 2 aromatic carbocycles. The summed E-state index contributed by atoms with van der Waals surface area (Å²) in [7, 11) is 0. The summed E-state index contributed by atoms with van der Waals surface area (Å²) in [6.45, 7) is 2.22. The standard InChI is InChI=1S/C19H19NO3/c1-14(15-8-4-2-5-9-15)23-19(22)16-12-18(21)20(13-16)17-10-6-3-7-11-17/h2-11,14,16H,12-13H2,1H3/t14?,16-/m0/s1. The Labute approximate surface area is 135 Å². The Hall–Kier alpha value is -2.62. The lowest BCUT2D eigenvalue weighted by molar-refractivity contribution is -0.153. The predicted octanol–water partition coefficient (Wildman–Crippen LogP) is 3.34. The molecular formula is C19H19NO3. The SMILES string of the molecule is CC(OC(=O)[C@H]1CC(=O)N(c2ccccc2)C1)c1ccccc1. The second-order valence-electron chi connectivity index (χ2n) is 5.73. The Bertz CT molecular complexity index is 684. The van der Waals surface area contributed by atoms with E-state index in [-0.39, 0.29) is 24.4 Å². The Morgan fingerprint density at radius 3 is 2.35 bits per heavy atom. The lowest BCUT2D eigenvalue weighted by Gasteiger charge is -2.18. The molecule has 0 aliphatic carbocycles. The number of rotatable bonds is 4. The van der Waals surface area contributed by atoms with Crippen molar-refractivity contribution in [1.82, 2.24) is 0 Å². The van der Waals surface area contributed by atoms with Crippen molar-refractivity contribution in [1.29, 1.82) is 0 Å². The summed E-state index contributed by atoms with van der Waals surface area (Å²) in [5.74, 6) is -0.757. The van der Waals surface area contributed by atoms with E-state index in [9.17, 15) is 9.59 Å². The van der Waals surface area contributed by atoms with Crippen LogP contribution in [0.4, 0.5) is 5.69 Å². The largest absolute Gasteiger partial charge is 0.458 e. The fourth-order valence-corrected chi connectivity index (χ4v) is 2.79. The van der Waals surface area contributed by atoms with E-state index in [4.69, 9.17) is 4.74 Å². The Kier molecular flexibility index (Phi) is 4.42. The smallest absolute Gasteiger partial charge is 0.311 e. The van der Waals surface area contributed by atoms with Crippen LogP contribution in [0.5, 0.6) is 0 Å². The second-order valence-corrected chi connectivity index (χ2v) is 5.73. The molecule has 23 heavy (non-hydrogen) atoms. The zero-order valence-electron chi connectivity index (χ0n) is 13.0. The van der Waals surface area contributed by atoms with E-state index in [0.717, 1.165) is 11.3 Å². The van der Waals surface area contributed by atoms with Gasteiger partial charge in [0.2, 0.25) is 5.91 Å². The van der Waals surface area contributed by atoms with Gasteiger partial charge in [0.15, 0.2) is 0 Å². The van der Waals surface area contributed by atoms with Gasteiger partial charge in [-0.05, 0) is 24.6 Å². The average Bonchev–Trinajstić information content (AvgIpc) is 2.98. The quantitative estimate of drug-likeness (QED) is 0.814. The molecule has 1 saturated heterocycles. The van der Waals surface area contributed by atoms with Crippen molar-refractivity contribution < 1.29 is 14.3 Å². The van der Waals surface area contributed by atoms with Gasteiger partial charge in [0, 0.05) is 18.7 Å². The van der Waals surface area contributed by atoms with Gasteiger partial charge in [-0.2, -0.15) is 0 Å². The highest BCUT2D eigenvalue weighted by atomic mass is 16.5. The van der Waals surface area contributed by atoms with Crippen LogP contribution in [-0.2, 0) is 14.3 Å². The van der Waals surface area contributed by atoms with Crippen molar-refractivity contribution in [3.8, 4) is 0 Å². The van der Waals surface area contributed by atoms with Gasteiger partial charge in [-0.15, -0.1) is 0 Å². The summed E-state index contributed by atoms with van der Waals surface area (Å²) in [5.41, 5.74) is 1.77. The molecule has 0 spiro atoms. The Morgan fingerprint density at radius 2 is 1.70 bits per heavy atom. The van der Waals surface area contributed by atoms with Crippen LogP contribution < -0.4 is 4.90 Å². The van der Waals surface area contributed by atoms with Gasteiger partial charge in [0.05, 0.1) is 5.92 Å². The zero-order chi connectivity index (χ0) is 16.2. The molecule has 3 rings (SSSR count). The molecule has 0 bridgehead atoms. The average molecular weight is 309 g/mol. The van der Waals surface area contributed by atoms with Crippen LogP contribution in [0.1, 0.15) is 25.0 Å². The van der Waals surface area contributed by atoms with Crippen LogP contribution in [0.3, 0.4) is 0 Å². The topological polar surface area (TPSA) is 46.6 Å². The molecular weight excluding hydrogens is 290 g/mol. The highest BCUT2D eigenvalue weighted by molar-refractivity contribution is 5.99. The third-order valence-corrected chi connectivity index (χ3v) is 4.09. The second kappa shape index (κ2) is 6.65. The van der Waals surface area contributed by atoms with Gasteiger partial charge in [-0.3, -0.25) is 9.59 Å². The number of hydrogen-bond acceptors (Lipinski definition) is 3. The van der Waals surface area contributed by atoms with E-state index in [0.29, 0.717) is 6.54 Å². The van der Waals surface area contributed by atoms with Crippen molar-refractivity contribution in [2.24, 2.45) is 5.92 Å². The molecule has 1 aliphatic rings. The summed E-state index contributed by atoms with van der Waals surface area (Å²) in [5, 5.41) is 0.